The maximum Gasteiger partial charge on any atom is 0.184 e. The van der Waals surface area contributed by atoms with Crippen LogP contribution in [-0.2, 0) is 18.9 Å². The summed E-state index contributed by atoms with van der Waals surface area (Å²) in [5, 5.41) is 21.6. The van der Waals surface area contributed by atoms with Crippen LogP contribution in [0.25, 0.3) is 0 Å². The molecule has 6 nitrogen and oxygen atoms in total. The molecule has 0 spiro atoms. The molecule has 3 fully saturated rings. The molecule has 34 heavy (non-hydrogen) atoms. The van der Waals surface area contributed by atoms with E-state index in [1.54, 1.807) is 0 Å². The molecular weight excluding hydrogens is 432 g/mol. The second-order valence-corrected chi connectivity index (χ2v) is 11.7. The highest BCUT2D eigenvalue weighted by Crippen LogP contribution is 2.44. The van der Waals surface area contributed by atoms with Crippen LogP contribution in [0.15, 0.2) is 0 Å². The number of aliphatic hydroxyl groups excluding tert-OH is 2. The molecular formula is C28H52O6. The molecule has 2 N–H and O–H groups in total. The van der Waals surface area contributed by atoms with Crippen molar-refractivity contribution >= 4 is 0 Å². The van der Waals surface area contributed by atoms with Gasteiger partial charge < -0.3 is 29.2 Å². The van der Waals surface area contributed by atoms with E-state index in [0.717, 1.165) is 25.7 Å². The predicted octanol–water partition coefficient (Wildman–Crippen LogP) is 4.99. The van der Waals surface area contributed by atoms with Crippen LogP contribution in [0.2, 0.25) is 0 Å². The van der Waals surface area contributed by atoms with Gasteiger partial charge in [0.1, 0.15) is 6.10 Å². The van der Waals surface area contributed by atoms with Crippen molar-refractivity contribution in [1.82, 2.24) is 0 Å². The van der Waals surface area contributed by atoms with Gasteiger partial charge in [-0.3, -0.25) is 0 Å². The lowest BCUT2D eigenvalue weighted by atomic mass is 9.71. The Hall–Kier alpha value is -0.240. The van der Waals surface area contributed by atoms with Crippen LogP contribution in [0.4, 0.5) is 0 Å². The van der Waals surface area contributed by atoms with E-state index in [1.807, 2.05) is 13.8 Å². The number of aliphatic hydroxyl groups is 2. The molecule has 3 rings (SSSR count). The summed E-state index contributed by atoms with van der Waals surface area (Å²) in [4.78, 5) is 0. The van der Waals surface area contributed by atoms with Gasteiger partial charge in [-0.15, -0.1) is 0 Å². The van der Waals surface area contributed by atoms with Crippen LogP contribution in [0.1, 0.15) is 88.0 Å². The minimum atomic E-state index is -0.779. The fraction of sp³-hybridized carbons (Fsp3) is 1.00. The molecule has 3 aliphatic heterocycles. The summed E-state index contributed by atoms with van der Waals surface area (Å²) in [5.74, 6) is 1.97. The second-order valence-electron chi connectivity index (χ2n) is 11.7. The highest BCUT2D eigenvalue weighted by Gasteiger charge is 2.49. The van der Waals surface area contributed by atoms with Crippen LogP contribution >= 0.6 is 0 Å². The number of hydrogen-bond donors (Lipinski definition) is 2. The normalized spacial score (nSPS) is 52.5. The van der Waals surface area contributed by atoms with E-state index in [1.165, 1.54) is 0 Å². The van der Waals surface area contributed by atoms with Gasteiger partial charge in [0.05, 0.1) is 30.5 Å². The van der Waals surface area contributed by atoms with Gasteiger partial charge in [-0.25, -0.2) is 0 Å². The molecule has 0 saturated carbocycles. The molecule has 3 saturated heterocycles. The molecule has 0 amide bonds. The van der Waals surface area contributed by atoms with E-state index < -0.39 is 18.7 Å². The summed E-state index contributed by atoms with van der Waals surface area (Å²) in [6.07, 6.45) is 1.43. The average Bonchev–Trinajstić information content (AvgIpc) is 2.83. The third-order valence-electron chi connectivity index (χ3n) is 9.94. The number of rotatable bonds is 7. The zero-order valence-corrected chi connectivity index (χ0v) is 23.0. The van der Waals surface area contributed by atoms with Crippen molar-refractivity contribution in [2.45, 2.75) is 137 Å². The van der Waals surface area contributed by atoms with Crippen LogP contribution in [0.3, 0.4) is 0 Å². The highest BCUT2D eigenvalue weighted by atomic mass is 16.7. The molecule has 0 aromatic carbocycles. The van der Waals surface area contributed by atoms with Gasteiger partial charge >= 0.3 is 0 Å². The molecule has 3 heterocycles. The van der Waals surface area contributed by atoms with Crippen molar-refractivity contribution in [3.63, 3.8) is 0 Å². The number of ether oxygens (including phenoxy) is 4. The first-order chi connectivity index (χ1) is 16.0. The van der Waals surface area contributed by atoms with E-state index in [0.29, 0.717) is 23.9 Å². The van der Waals surface area contributed by atoms with Gasteiger partial charge in [0.2, 0.25) is 0 Å². The van der Waals surface area contributed by atoms with Gasteiger partial charge in [-0.05, 0) is 61.2 Å². The molecule has 200 valence electrons. The van der Waals surface area contributed by atoms with E-state index in [4.69, 9.17) is 18.9 Å². The topological polar surface area (TPSA) is 77.4 Å². The summed E-state index contributed by atoms with van der Waals surface area (Å²) in [7, 11) is 0. The van der Waals surface area contributed by atoms with Crippen LogP contribution in [-0.4, -0.2) is 59.4 Å². The van der Waals surface area contributed by atoms with Gasteiger partial charge in [0.15, 0.2) is 12.6 Å². The Morgan fingerprint density at radius 2 is 1.18 bits per heavy atom. The summed E-state index contributed by atoms with van der Waals surface area (Å²) < 4.78 is 25.4. The lowest BCUT2D eigenvalue weighted by Crippen LogP contribution is -2.57. The summed E-state index contributed by atoms with van der Waals surface area (Å²) in [6.45, 7) is 19.6. The predicted molar refractivity (Wildman–Crippen MR) is 133 cm³/mol. The molecule has 0 aromatic rings. The largest absolute Gasteiger partial charge is 0.388 e. The molecule has 0 aliphatic carbocycles. The fourth-order valence-corrected chi connectivity index (χ4v) is 6.68. The first-order valence-corrected chi connectivity index (χ1v) is 14.0. The lowest BCUT2D eigenvalue weighted by molar-refractivity contribution is -0.330. The number of hydrogen-bond acceptors (Lipinski definition) is 6. The van der Waals surface area contributed by atoms with Gasteiger partial charge in [0, 0.05) is 5.92 Å². The Morgan fingerprint density at radius 3 is 1.76 bits per heavy atom. The van der Waals surface area contributed by atoms with Crippen molar-refractivity contribution in [2.24, 2.45) is 41.4 Å². The minimum Gasteiger partial charge on any atom is -0.388 e. The average molecular weight is 485 g/mol. The maximum absolute atomic E-state index is 11.3. The maximum atomic E-state index is 11.3. The SMILES string of the molecule is CCC1OC(CC2C(CC)OC(OC3C(CC)OC(O)C(C)C3C)C(O)C2C)C(C)C(C)C1C. The Balaban J connectivity index is 1.72. The van der Waals surface area contributed by atoms with Gasteiger partial charge in [-0.1, -0.05) is 62.3 Å². The Bertz CT molecular complexity index is 624. The van der Waals surface area contributed by atoms with Gasteiger partial charge in [-0.2, -0.15) is 0 Å². The summed E-state index contributed by atoms with van der Waals surface area (Å²) >= 11 is 0. The minimum absolute atomic E-state index is 0.0110. The Morgan fingerprint density at radius 1 is 0.588 bits per heavy atom. The first-order valence-electron chi connectivity index (χ1n) is 14.0. The van der Waals surface area contributed by atoms with Crippen LogP contribution in [0, 0.1) is 41.4 Å². The van der Waals surface area contributed by atoms with E-state index >= 15 is 0 Å². The van der Waals surface area contributed by atoms with E-state index in [9.17, 15) is 10.2 Å². The van der Waals surface area contributed by atoms with Crippen LogP contribution < -0.4 is 0 Å². The standard InChI is InChI=1S/C28H52O6/c1-10-21-15(5)14(4)16(6)24(31-21)13-20-19(9)25(29)28(33-22(20)11-2)34-26-17(7)18(8)27(30)32-23(26)12-3/h14-30H,10-13H2,1-9H3. The molecule has 0 bridgehead atoms. The lowest BCUT2D eigenvalue weighted by Gasteiger charge is -2.50. The Labute approximate surface area is 208 Å². The monoisotopic (exact) mass is 484 g/mol. The van der Waals surface area contributed by atoms with Crippen LogP contribution in [0.5, 0.6) is 0 Å². The summed E-state index contributed by atoms with van der Waals surface area (Å²) in [5.41, 5.74) is 0. The summed E-state index contributed by atoms with van der Waals surface area (Å²) in [6, 6.07) is 0. The smallest absolute Gasteiger partial charge is 0.184 e. The van der Waals surface area contributed by atoms with Crippen molar-refractivity contribution in [3.8, 4) is 0 Å². The van der Waals surface area contributed by atoms with E-state index in [2.05, 4.69) is 48.5 Å². The molecule has 0 aromatic heterocycles. The molecule has 3 aliphatic rings. The van der Waals surface area contributed by atoms with E-state index in [-0.39, 0.29) is 48.1 Å². The van der Waals surface area contributed by atoms with Gasteiger partial charge in [0.25, 0.3) is 0 Å². The quantitative estimate of drug-likeness (QED) is 0.530. The highest BCUT2D eigenvalue weighted by molar-refractivity contribution is 4.94. The molecule has 15 unspecified atom stereocenters. The zero-order valence-electron chi connectivity index (χ0n) is 23.0. The molecule has 6 heteroatoms. The van der Waals surface area contributed by atoms with Crippen molar-refractivity contribution < 1.29 is 29.2 Å². The fourth-order valence-electron chi connectivity index (χ4n) is 6.68. The Kier molecular flexibility index (Phi) is 9.89. The van der Waals surface area contributed by atoms with Crippen molar-refractivity contribution in [3.05, 3.63) is 0 Å². The van der Waals surface area contributed by atoms with Crippen molar-refractivity contribution in [2.75, 3.05) is 0 Å². The van der Waals surface area contributed by atoms with Crippen molar-refractivity contribution in [1.29, 1.82) is 0 Å². The first kappa shape index (κ1) is 28.3. The third-order valence-corrected chi connectivity index (χ3v) is 9.94. The second kappa shape index (κ2) is 11.9. The zero-order chi connectivity index (χ0) is 25.3. The molecule has 0 radical (unpaired) electrons. The molecule has 15 atom stereocenters. The third kappa shape index (κ3) is 5.52.